The second kappa shape index (κ2) is 11.1. The summed E-state index contributed by atoms with van der Waals surface area (Å²) in [4.78, 5) is 17.4. The zero-order valence-corrected chi connectivity index (χ0v) is 19.7. The van der Waals surface area contributed by atoms with Crippen LogP contribution in [0.2, 0.25) is 5.02 Å². The summed E-state index contributed by atoms with van der Waals surface area (Å²) >= 11 is 11.5. The van der Waals surface area contributed by atoms with Crippen molar-refractivity contribution in [2.45, 2.75) is 13.0 Å². The molecule has 176 valence electrons. The lowest BCUT2D eigenvalue weighted by Gasteiger charge is -2.13. The van der Waals surface area contributed by atoms with E-state index in [9.17, 15) is 4.39 Å². The molecule has 0 atom stereocenters. The number of hydrogen-bond donors (Lipinski definition) is 2. The van der Waals surface area contributed by atoms with Crippen molar-refractivity contribution >= 4 is 51.3 Å². The molecule has 0 unspecified atom stereocenters. The van der Waals surface area contributed by atoms with Gasteiger partial charge in [-0.15, -0.1) is 11.6 Å². The van der Waals surface area contributed by atoms with Gasteiger partial charge in [-0.2, -0.15) is 0 Å². The molecular formula is C23H21Cl2FN6O2. The average Bonchev–Trinajstić information content (AvgIpc) is 2.85. The van der Waals surface area contributed by atoms with E-state index in [-0.39, 0.29) is 5.02 Å². The lowest BCUT2D eigenvalue weighted by atomic mass is 10.2. The monoisotopic (exact) mass is 502 g/mol. The van der Waals surface area contributed by atoms with Crippen LogP contribution in [0.4, 0.5) is 21.6 Å². The third kappa shape index (κ3) is 5.73. The number of aromatic nitrogens is 4. The largest absolute Gasteiger partial charge is 0.493 e. The Kier molecular flexibility index (Phi) is 7.76. The first-order valence-corrected chi connectivity index (χ1v) is 11.3. The van der Waals surface area contributed by atoms with Crippen LogP contribution in [0.5, 0.6) is 11.5 Å². The maximum Gasteiger partial charge on any atom is 0.163 e. The van der Waals surface area contributed by atoms with Gasteiger partial charge in [0.2, 0.25) is 0 Å². The highest BCUT2D eigenvalue weighted by atomic mass is 35.5. The number of fused-ring (bicyclic) bond motifs is 1. The fourth-order valence-electron chi connectivity index (χ4n) is 3.11. The van der Waals surface area contributed by atoms with E-state index in [1.165, 1.54) is 18.5 Å². The first-order valence-electron chi connectivity index (χ1n) is 10.4. The summed E-state index contributed by atoms with van der Waals surface area (Å²) in [6, 6.07) is 8.03. The van der Waals surface area contributed by atoms with Crippen LogP contribution < -0.4 is 20.1 Å². The molecule has 0 fully saturated rings. The molecule has 4 rings (SSSR count). The van der Waals surface area contributed by atoms with Gasteiger partial charge in [0, 0.05) is 23.0 Å². The van der Waals surface area contributed by atoms with Gasteiger partial charge in [-0.05, 0) is 30.7 Å². The molecule has 2 N–H and O–H groups in total. The molecule has 0 saturated heterocycles. The van der Waals surface area contributed by atoms with Gasteiger partial charge in [0.1, 0.15) is 23.8 Å². The highest BCUT2D eigenvalue weighted by Gasteiger charge is 2.12. The highest BCUT2D eigenvalue weighted by molar-refractivity contribution is 6.31. The summed E-state index contributed by atoms with van der Waals surface area (Å²) in [6.45, 7) is 0.830. The normalized spacial score (nSPS) is 10.8. The number of ether oxygens (including phenoxy) is 2. The third-order valence-corrected chi connectivity index (χ3v) is 5.35. The second-order valence-electron chi connectivity index (χ2n) is 7.13. The fourth-order valence-corrected chi connectivity index (χ4v) is 3.40. The van der Waals surface area contributed by atoms with E-state index < -0.39 is 5.82 Å². The Morgan fingerprint density at radius 2 is 1.82 bits per heavy atom. The van der Waals surface area contributed by atoms with Crippen molar-refractivity contribution in [2.24, 2.45) is 0 Å². The fraction of sp³-hybridized carbons (Fsp3) is 0.217. The Bertz CT molecular complexity index is 1280. The number of anilines is 3. The zero-order valence-electron chi connectivity index (χ0n) is 18.2. The minimum atomic E-state index is -0.469. The molecule has 0 aliphatic rings. The maximum absolute atomic E-state index is 13.3. The molecule has 2 aromatic heterocycles. The van der Waals surface area contributed by atoms with Crippen LogP contribution in [0.3, 0.4) is 0 Å². The van der Waals surface area contributed by atoms with Crippen LogP contribution in [0, 0.1) is 5.82 Å². The van der Waals surface area contributed by atoms with Crippen molar-refractivity contribution in [3.05, 3.63) is 65.7 Å². The standard InChI is InChI=1S/C23H21Cl2FN6O2/c1-33-20-8-16-19(9-21(20)34-6-2-5-24)30-13-31-23(16)32-15-10-28-22(29-11-15)12-27-14-3-4-18(26)17(25)7-14/h3-4,7-11,13,27H,2,5-6,12H2,1H3,(H,30,31,32). The summed E-state index contributed by atoms with van der Waals surface area (Å²) in [5.41, 5.74) is 2.01. The number of alkyl halides is 1. The predicted octanol–water partition coefficient (Wildman–Crippen LogP) is 5.58. The molecular weight excluding hydrogens is 482 g/mol. The van der Waals surface area contributed by atoms with Crippen LogP contribution in [0.25, 0.3) is 10.9 Å². The molecule has 34 heavy (non-hydrogen) atoms. The molecule has 0 saturated carbocycles. The third-order valence-electron chi connectivity index (χ3n) is 4.79. The van der Waals surface area contributed by atoms with Gasteiger partial charge in [0.25, 0.3) is 0 Å². The van der Waals surface area contributed by atoms with Crippen molar-refractivity contribution in [3.8, 4) is 11.5 Å². The first kappa shape index (κ1) is 23.7. The number of nitrogens with zero attached hydrogens (tertiary/aromatic N) is 4. The first-order chi connectivity index (χ1) is 16.6. The highest BCUT2D eigenvalue weighted by Crippen LogP contribution is 2.34. The molecule has 2 heterocycles. The topological polar surface area (TPSA) is 94.1 Å². The van der Waals surface area contributed by atoms with E-state index in [0.29, 0.717) is 59.1 Å². The van der Waals surface area contributed by atoms with Crippen molar-refractivity contribution in [2.75, 3.05) is 30.2 Å². The van der Waals surface area contributed by atoms with Crippen LogP contribution in [-0.2, 0) is 6.54 Å². The molecule has 0 radical (unpaired) electrons. The second-order valence-corrected chi connectivity index (χ2v) is 7.91. The molecule has 8 nitrogen and oxygen atoms in total. The summed E-state index contributed by atoms with van der Waals surface area (Å²) in [5.74, 6) is 2.34. The smallest absolute Gasteiger partial charge is 0.163 e. The van der Waals surface area contributed by atoms with Crippen molar-refractivity contribution in [1.82, 2.24) is 19.9 Å². The lowest BCUT2D eigenvalue weighted by Crippen LogP contribution is -2.05. The summed E-state index contributed by atoms with van der Waals surface area (Å²) in [6.07, 6.45) is 5.49. The van der Waals surface area contributed by atoms with Gasteiger partial charge in [-0.25, -0.2) is 24.3 Å². The molecule has 0 bridgehead atoms. The Hall–Kier alpha value is -3.43. The van der Waals surface area contributed by atoms with Gasteiger partial charge in [0.05, 0.1) is 48.9 Å². The molecule has 0 amide bonds. The minimum Gasteiger partial charge on any atom is -0.493 e. The van der Waals surface area contributed by atoms with Crippen molar-refractivity contribution < 1.29 is 13.9 Å². The molecule has 2 aromatic carbocycles. The number of methoxy groups -OCH3 is 1. The molecule has 0 spiro atoms. The zero-order chi connectivity index (χ0) is 23.9. The Balaban J connectivity index is 1.47. The molecule has 4 aromatic rings. The van der Waals surface area contributed by atoms with Crippen molar-refractivity contribution in [1.29, 1.82) is 0 Å². The molecule has 0 aliphatic heterocycles. The lowest BCUT2D eigenvalue weighted by molar-refractivity contribution is 0.295. The van der Waals surface area contributed by atoms with Gasteiger partial charge in [-0.3, -0.25) is 0 Å². The minimum absolute atomic E-state index is 0.0492. The molecule has 0 aliphatic carbocycles. The van der Waals surface area contributed by atoms with Gasteiger partial charge < -0.3 is 20.1 Å². The van der Waals surface area contributed by atoms with Crippen LogP contribution in [-0.4, -0.2) is 39.5 Å². The predicted molar refractivity (Wildman–Crippen MR) is 131 cm³/mol. The SMILES string of the molecule is COc1cc2c(Nc3cnc(CNc4ccc(F)c(Cl)c4)nc3)ncnc2cc1OCCCCl. The maximum atomic E-state index is 13.3. The van der Waals surface area contributed by atoms with E-state index in [4.69, 9.17) is 32.7 Å². The Morgan fingerprint density at radius 1 is 1.00 bits per heavy atom. The summed E-state index contributed by atoms with van der Waals surface area (Å²) in [7, 11) is 1.58. The van der Waals surface area contributed by atoms with Crippen LogP contribution in [0.1, 0.15) is 12.2 Å². The van der Waals surface area contributed by atoms with Gasteiger partial charge in [-0.1, -0.05) is 11.6 Å². The Labute approximate surface area is 205 Å². The average molecular weight is 503 g/mol. The summed E-state index contributed by atoms with van der Waals surface area (Å²) in [5, 5.41) is 7.13. The number of halogens is 3. The molecule has 11 heteroatoms. The van der Waals surface area contributed by atoms with E-state index in [2.05, 4.69) is 30.6 Å². The van der Waals surface area contributed by atoms with Crippen LogP contribution >= 0.6 is 23.2 Å². The van der Waals surface area contributed by atoms with E-state index >= 15 is 0 Å². The van der Waals surface area contributed by atoms with E-state index in [1.807, 2.05) is 12.1 Å². The number of hydrogen-bond acceptors (Lipinski definition) is 8. The number of nitrogens with one attached hydrogen (secondary N) is 2. The van der Waals surface area contributed by atoms with Gasteiger partial charge in [0.15, 0.2) is 11.5 Å². The van der Waals surface area contributed by atoms with Crippen LogP contribution in [0.15, 0.2) is 49.1 Å². The number of rotatable bonds is 10. The summed E-state index contributed by atoms with van der Waals surface area (Å²) < 4.78 is 24.5. The van der Waals surface area contributed by atoms with E-state index in [0.717, 1.165) is 11.8 Å². The van der Waals surface area contributed by atoms with E-state index in [1.54, 1.807) is 25.6 Å². The number of benzene rings is 2. The van der Waals surface area contributed by atoms with Crippen molar-refractivity contribution in [3.63, 3.8) is 0 Å². The quantitative estimate of drug-likeness (QED) is 0.214. The van der Waals surface area contributed by atoms with Gasteiger partial charge >= 0.3 is 0 Å². The Morgan fingerprint density at radius 3 is 2.56 bits per heavy atom.